The van der Waals surface area contributed by atoms with Crippen LogP contribution in [0.1, 0.15) is 10.5 Å². The highest BCUT2D eigenvalue weighted by Crippen LogP contribution is 2.31. The molecule has 0 spiro atoms. The molecule has 1 aromatic rings. The highest BCUT2D eigenvalue weighted by molar-refractivity contribution is 7.92. The van der Waals surface area contributed by atoms with Crippen molar-refractivity contribution in [3.8, 4) is 0 Å². The molecule has 0 saturated carbocycles. The molecule has 1 aromatic heterocycles. The van der Waals surface area contributed by atoms with Crippen molar-refractivity contribution in [1.82, 2.24) is 19.6 Å². The molecule has 2 rings (SSSR count). The summed E-state index contributed by atoms with van der Waals surface area (Å²) in [6.45, 7) is 0. The summed E-state index contributed by atoms with van der Waals surface area (Å²) in [5, 5.41) is 6.26. The Morgan fingerprint density at radius 2 is 1.77 bits per heavy atom. The van der Waals surface area contributed by atoms with E-state index in [1.165, 1.54) is 33.1 Å². The number of nitrogens with zero attached hydrogens (tertiary/aromatic N) is 4. The minimum absolute atomic E-state index is 0.0229. The van der Waals surface area contributed by atoms with Crippen molar-refractivity contribution in [1.29, 1.82) is 0 Å². The van der Waals surface area contributed by atoms with Crippen LogP contribution in [0.3, 0.4) is 0 Å². The van der Waals surface area contributed by atoms with Crippen LogP contribution in [0, 0.1) is 0 Å². The number of amides is 3. The van der Waals surface area contributed by atoms with Gasteiger partial charge in [0.25, 0.3) is 17.7 Å². The summed E-state index contributed by atoms with van der Waals surface area (Å²) in [6.07, 6.45) is 0.901. The lowest BCUT2D eigenvalue weighted by Gasteiger charge is -2.13. The molecular formula is C13H17ClN6O5S. The molecule has 0 unspecified atom stereocenters. The third kappa shape index (κ3) is 3.51. The predicted octanol–water partition coefficient (Wildman–Crippen LogP) is -0.646. The molecule has 0 fully saturated rings. The number of aromatic nitrogens is 2. The average molecular weight is 405 g/mol. The average Bonchev–Trinajstić information content (AvgIpc) is 2.91. The van der Waals surface area contributed by atoms with Crippen molar-refractivity contribution in [2.75, 3.05) is 37.4 Å². The molecule has 2 heterocycles. The molecule has 0 atom stereocenters. The van der Waals surface area contributed by atoms with Gasteiger partial charge in [0.2, 0.25) is 10.0 Å². The van der Waals surface area contributed by atoms with E-state index in [-0.39, 0.29) is 27.9 Å². The Kier molecular flexibility index (Phi) is 5.01. The monoisotopic (exact) mass is 404 g/mol. The van der Waals surface area contributed by atoms with Crippen LogP contribution in [0.5, 0.6) is 0 Å². The smallest absolute Gasteiger partial charge is 0.278 e. The molecule has 142 valence electrons. The van der Waals surface area contributed by atoms with Gasteiger partial charge in [0, 0.05) is 28.2 Å². The van der Waals surface area contributed by atoms with Gasteiger partial charge in [-0.2, -0.15) is 5.10 Å². The minimum atomic E-state index is -3.78. The fraction of sp³-hybridized carbons (Fsp3) is 0.385. The first kappa shape index (κ1) is 19.7. The van der Waals surface area contributed by atoms with Crippen LogP contribution in [-0.4, -0.2) is 73.1 Å². The number of sulfonamides is 1. The second-order valence-electron chi connectivity index (χ2n) is 5.75. The number of carbonyl (C=O) groups excluding carboxylic acids is 3. The van der Waals surface area contributed by atoms with Crippen LogP contribution < -0.4 is 10.0 Å². The van der Waals surface area contributed by atoms with Gasteiger partial charge in [0.05, 0.1) is 6.26 Å². The van der Waals surface area contributed by atoms with E-state index in [9.17, 15) is 22.8 Å². The molecule has 0 aliphatic carbocycles. The Labute approximate surface area is 154 Å². The van der Waals surface area contributed by atoms with Gasteiger partial charge in [-0.05, 0) is 0 Å². The summed E-state index contributed by atoms with van der Waals surface area (Å²) in [6, 6.07) is 0. The molecule has 0 bridgehead atoms. The zero-order chi connectivity index (χ0) is 20.0. The standard InChI is InChI=1S/C13H17ClN6O5S/c1-18(2)12(22)9-8(17-26(5,24)25)10(20(4)16-9)15-7-6(14)11(21)19(3)13(7)23/h15,17H,1-5H3. The van der Waals surface area contributed by atoms with E-state index in [0.717, 1.165) is 15.8 Å². The number of rotatable bonds is 5. The van der Waals surface area contributed by atoms with Crippen molar-refractivity contribution in [3.05, 3.63) is 16.4 Å². The van der Waals surface area contributed by atoms with Crippen LogP contribution in [0.2, 0.25) is 0 Å². The van der Waals surface area contributed by atoms with E-state index < -0.39 is 27.7 Å². The van der Waals surface area contributed by atoms with Gasteiger partial charge < -0.3 is 10.2 Å². The van der Waals surface area contributed by atoms with Crippen LogP contribution in [-0.2, 0) is 26.7 Å². The maximum Gasteiger partial charge on any atom is 0.278 e. The van der Waals surface area contributed by atoms with Crippen LogP contribution in [0.25, 0.3) is 0 Å². The second-order valence-corrected chi connectivity index (χ2v) is 7.88. The summed E-state index contributed by atoms with van der Waals surface area (Å²) in [4.78, 5) is 38.3. The van der Waals surface area contributed by atoms with E-state index in [2.05, 4.69) is 15.1 Å². The number of imide groups is 1. The quantitative estimate of drug-likeness (QED) is 0.623. The molecule has 1 aliphatic heterocycles. The predicted molar refractivity (Wildman–Crippen MR) is 94.0 cm³/mol. The highest BCUT2D eigenvalue weighted by atomic mass is 35.5. The number of carbonyl (C=O) groups is 3. The number of aryl methyl sites for hydroxylation is 1. The molecule has 0 saturated heterocycles. The van der Waals surface area contributed by atoms with Gasteiger partial charge in [0.15, 0.2) is 11.5 Å². The second kappa shape index (κ2) is 6.61. The topological polar surface area (TPSA) is 134 Å². The van der Waals surface area contributed by atoms with Gasteiger partial charge in [-0.15, -0.1) is 0 Å². The fourth-order valence-electron chi connectivity index (χ4n) is 2.15. The fourth-order valence-corrected chi connectivity index (χ4v) is 2.96. The number of hydrogen-bond donors (Lipinski definition) is 2. The molecule has 26 heavy (non-hydrogen) atoms. The Balaban J connectivity index is 2.60. The first-order valence-electron chi connectivity index (χ1n) is 7.10. The Morgan fingerprint density at radius 1 is 1.19 bits per heavy atom. The molecule has 0 aromatic carbocycles. The maximum absolute atomic E-state index is 12.3. The van der Waals surface area contributed by atoms with E-state index >= 15 is 0 Å². The van der Waals surface area contributed by atoms with Crippen molar-refractivity contribution in [2.45, 2.75) is 0 Å². The molecule has 13 heteroatoms. The minimum Gasteiger partial charge on any atom is -0.343 e. The van der Waals surface area contributed by atoms with Crippen molar-refractivity contribution >= 4 is 50.9 Å². The van der Waals surface area contributed by atoms with E-state index in [1.54, 1.807) is 0 Å². The SMILES string of the molecule is CN(C)C(=O)c1nn(C)c(NC2=C(Cl)C(=O)N(C)C2=O)c1NS(C)(=O)=O. The van der Waals surface area contributed by atoms with E-state index in [0.29, 0.717) is 0 Å². The number of halogens is 1. The molecule has 0 radical (unpaired) electrons. The van der Waals surface area contributed by atoms with Gasteiger partial charge >= 0.3 is 0 Å². The third-order valence-electron chi connectivity index (χ3n) is 3.42. The molecule has 2 N–H and O–H groups in total. The lowest BCUT2D eigenvalue weighted by Crippen LogP contribution is -2.28. The van der Waals surface area contributed by atoms with E-state index in [4.69, 9.17) is 11.6 Å². The Bertz CT molecular complexity index is 948. The molecule has 1 aliphatic rings. The van der Waals surface area contributed by atoms with Gasteiger partial charge in [-0.25, -0.2) is 13.1 Å². The molecule has 3 amide bonds. The van der Waals surface area contributed by atoms with Crippen molar-refractivity contribution in [3.63, 3.8) is 0 Å². The molecule has 11 nitrogen and oxygen atoms in total. The number of nitrogens with one attached hydrogen (secondary N) is 2. The van der Waals surface area contributed by atoms with E-state index in [1.807, 2.05) is 0 Å². The summed E-state index contributed by atoms with van der Waals surface area (Å²) >= 11 is 5.89. The third-order valence-corrected chi connectivity index (χ3v) is 4.34. The number of anilines is 2. The summed E-state index contributed by atoms with van der Waals surface area (Å²) in [5.41, 5.74) is -0.602. The number of likely N-dealkylation sites (N-methyl/N-ethyl adjacent to an activating group) is 1. The normalized spacial score (nSPS) is 14.9. The lowest BCUT2D eigenvalue weighted by atomic mass is 10.3. The first-order valence-corrected chi connectivity index (χ1v) is 9.37. The van der Waals surface area contributed by atoms with Gasteiger partial charge in [0.1, 0.15) is 16.4 Å². The van der Waals surface area contributed by atoms with Gasteiger partial charge in [-0.3, -0.25) is 24.0 Å². The zero-order valence-corrected chi connectivity index (χ0v) is 16.2. The van der Waals surface area contributed by atoms with Crippen molar-refractivity contribution < 1.29 is 22.8 Å². The van der Waals surface area contributed by atoms with Crippen molar-refractivity contribution in [2.24, 2.45) is 7.05 Å². The Morgan fingerprint density at radius 3 is 2.19 bits per heavy atom. The lowest BCUT2D eigenvalue weighted by molar-refractivity contribution is -0.135. The summed E-state index contributed by atoms with van der Waals surface area (Å²) in [5.74, 6) is -1.99. The largest absolute Gasteiger partial charge is 0.343 e. The highest BCUT2D eigenvalue weighted by Gasteiger charge is 2.37. The van der Waals surface area contributed by atoms with Crippen LogP contribution >= 0.6 is 11.6 Å². The molecular weight excluding hydrogens is 388 g/mol. The van der Waals surface area contributed by atoms with Gasteiger partial charge in [-0.1, -0.05) is 11.6 Å². The maximum atomic E-state index is 12.3. The first-order chi connectivity index (χ1) is 11.8. The van der Waals surface area contributed by atoms with Crippen LogP contribution in [0.4, 0.5) is 11.5 Å². The zero-order valence-electron chi connectivity index (χ0n) is 14.6. The number of hydrogen-bond acceptors (Lipinski definition) is 7. The van der Waals surface area contributed by atoms with Crippen LogP contribution in [0.15, 0.2) is 10.7 Å². The Hall–Kier alpha value is -2.60. The summed E-state index contributed by atoms with van der Waals surface area (Å²) in [7, 11) is 1.86. The summed E-state index contributed by atoms with van der Waals surface area (Å²) < 4.78 is 26.8.